The standard InChI is InChI=1S/C14H19ClN2O3/c1-4-20-14(19)10(3)16-9(2)13(18)17-12-7-5-11(15)6-8-12/h5-10,16H,4H2,1-3H3,(H,17,18). The van der Waals surface area contributed by atoms with Crippen LogP contribution in [0.5, 0.6) is 0 Å². The number of amides is 1. The fourth-order valence-corrected chi connectivity index (χ4v) is 1.70. The van der Waals surface area contributed by atoms with E-state index < -0.39 is 12.1 Å². The molecule has 20 heavy (non-hydrogen) atoms. The topological polar surface area (TPSA) is 67.4 Å². The van der Waals surface area contributed by atoms with Gasteiger partial charge in [-0.25, -0.2) is 0 Å². The van der Waals surface area contributed by atoms with Crippen molar-refractivity contribution in [1.29, 1.82) is 0 Å². The monoisotopic (exact) mass is 298 g/mol. The van der Waals surface area contributed by atoms with Gasteiger partial charge in [-0.2, -0.15) is 0 Å². The van der Waals surface area contributed by atoms with Crippen LogP contribution in [0, 0.1) is 0 Å². The van der Waals surface area contributed by atoms with Gasteiger partial charge in [-0.15, -0.1) is 0 Å². The average Bonchev–Trinajstić information content (AvgIpc) is 2.41. The van der Waals surface area contributed by atoms with Crippen LogP contribution in [0.2, 0.25) is 5.02 Å². The number of carbonyl (C=O) groups excluding carboxylic acids is 2. The number of hydrogen-bond acceptors (Lipinski definition) is 4. The summed E-state index contributed by atoms with van der Waals surface area (Å²) in [4.78, 5) is 23.4. The highest BCUT2D eigenvalue weighted by atomic mass is 35.5. The molecule has 0 saturated carbocycles. The quantitative estimate of drug-likeness (QED) is 0.790. The van der Waals surface area contributed by atoms with Crippen molar-refractivity contribution in [3.63, 3.8) is 0 Å². The third kappa shape index (κ3) is 5.19. The van der Waals surface area contributed by atoms with Gasteiger partial charge < -0.3 is 10.1 Å². The fraction of sp³-hybridized carbons (Fsp3) is 0.429. The van der Waals surface area contributed by atoms with E-state index in [2.05, 4.69) is 10.6 Å². The van der Waals surface area contributed by atoms with E-state index in [-0.39, 0.29) is 11.9 Å². The molecule has 110 valence electrons. The molecule has 2 atom stereocenters. The average molecular weight is 299 g/mol. The normalized spacial score (nSPS) is 13.4. The second kappa shape index (κ2) is 7.87. The highest BCUT2D eigenvalue weighted by Gasteiger charge is 2.20. The van der Waals surface area contributed by atoms with Crippen molar-refractivity contribution >= 4 is 29.2 Å². The minimum absolute atomic E-state index is 0.233. The Balaban J connectivity index is 2.50. The van der Waals surface area contributed by atoms with Gasteiger partial charge >= 0.3 is 5.97 Å². The Bertz CT molecular complexity index is 462. The molecule has 1 aromatic rings. The van der Waals surface area contributed by atoms with E-state index in [0.717, 1.165) is 0 Å². The van der Waals surface area contributed by atoms with E-state index in [1.807, 2.05) is 0 Å². The Kier molecular flexibility index (Phi) is 6.48. The number of nitrogens with one attached hydrogen (secondary N) is 2. The molecule has 2 N–H and O–H groups in total. The Morgan fingerprint density at radius 2 is 1.80 bits per heavy atom. The predicted molar refractivity (Wildman–Crippen MR) is 78.8 cm³/mol. The SMILES string of the molecule is CCOC(=O)C(C)NC(C)C(=O)Nc1ccc(Cl)cc1. The summed E-state index contributed by atoms with van der Waals surface area (Å²) in [7, 11) is 0. The maximum absolute atomic E-state index is 12.0. The van der Waals surface area contributed by atoms with Crippen molar-refractivity contribution in [3.8, 4) is 0 Å². The zero-order valence-corrected chi connectivity index (χ0v) is 12.5. The summed E-state index contributed by atoms with van der Waals surface area (Å²) in [6.45, 7) is 5.39. The van der Waals surface area contributed by atoms with Crippen LogP contribution in [0.1, 0.15) is 20.8 Å². The number of esters is 1. The van der Waals surface area contributed by atoms with Gasteiger partial charge in [0.25, 0.3) is 0 Å². The van der Waals surface area contributed by atoms with Gasteiger partial charge in [0, 0.05) is 10.7 Å². The van der Waals surface area contributed by atoms with Crippen molar-refractivity contribution in [1.82, 2.24) is 5.32 Å². The molecule has 1 amide bonds. The summed E-state index contributed by atoms with van der Waals surface area (Å²) >= 11 is 5.77. The fourth-order valence-electron chi connectivity index (χ4n) is 1.57. The molecule has 1 rings (SSSR count). The highest BCUT2D eigenvalue weighted by molar-refractivity contribution is 6.30. The number of ether oxygens (including phenoxy) is 1. The van der Waals surface area contributed by atoms with Crippen LogP contribution in [0.4, 0.5) is 5.69 Å². The Morgan fingerprint density at radius 1 is 1.20 bits per heavy atom. The van der Waals surface area contributed by atoms with E-state index >= 15 is 0 Å². The van der Waals surface area contributed by atoms with Gasteiger partial charge in [-0.05, 0) is 45.0 Å². The molecule has 0 aromatic heterocycles. The second-order valence-corrected chi connectivity index (χ2v) is 4.79. The van der Waals surface area contributed by atoms with Crippen molar-refractivity contribution in [2.45, 2.75) is 32.9 Å². The van der Waals surface area contributed by atoms with Crippen molar-refractivity contribution in [3.05, 3.63) is 29.3 Å². The Hall–Kier alpha value is -1.59. The van der Waals surface area contributed by atoms with Gasteiger partial charge in [-0.3, -0.25) is 14.9 Å². The Morgan fingerprint density at radius 3 is 2.35 bits per heavy atom. The first kappa shape index (κ1) is 16.5. The maximum Gasteiger partial charge on any atom is 0.322 e. The molecule has 0 spiro atoms. The van der Waals surface area contributed by atoms with Gasteiger partial charge in [0.15, 0.2) is 0 Å². The molecule has 0 bridgehead atoms. The molecular weight excluding hydrogens is 280 g/mol. The van der Waals surface area contributed by atoms with Crippen molar-refractivity contribution in [2.75, 3.05) is 11.9 Å². The number of anilines is 1. The molecule has 0 aliphatic rings. The number of halogens is 1. The lowest BCUT2D eigenvalue weighted by Crippen LogP contribution is -2.46. The number of carbonyl (C=O) groups is 2. The maximum atomic E-state index is 12.0. The molecule has 0 radical (unpaired) electrons. The van der Waals surface area contributed by atoms with E-state index in [4.69, 9.17) is 16.3 Å². The van der Waals surface area contributed by atoms with Gasteiger partial charge in [0.2, 0.25) is 5.91 Å². The molecule has 0 heterocycles. The summed E-state index contributed by atoms with van der Waals surface area (Å²) in [6.07, 6.45) is 0. The van der Waals surface area contributed by atoms with Crippen LogP contribution in [-0.2, 0) is 14.3 Å². The molecule has 0 aliphatic carbocycles. The zero-order chi connectivity index (χ0) is 15.1. The molecule has 0 saturated heterocycles. The van der Waals surface area contributed by atoms with E-state index in [0.29, 0.717) is 17.3 Å². The summed E-state index contributed by atoms with van der Waals surface area (Å²) in [5.74, 6) is -0.609. The zero-order valence-electron chi connectivity index (χ0n) is 11.8. The number of hydrogen-bond donors (Lipinski definition) is 2. The molecule has 1 aromatic carbocycles. The third-order valence-corrected chi connectivity index (χ3v) is 2.90. The van der Waals surface area contributed by atoms with Crippen LogP contribution in [0.25, 0.3) is 0 Å². The van der Waals surface area contributed by atoms with Crippen LogP contribution >= 0.6 is 11.6 Å². The first-order valence-electron chi connectivity index (χ1n) is 6.43. The molecule has 0 aliphatic heterocycles. The van der Waals surface area contributed by atoms with Crippen LogP contribution in [-0.4, -0.2) is 30.6 Å². The van der Waals surface area contributed by atoms with E-state index in [9.17, 15) is 9.59 Å². The van der Waals surface area contributed by atoms with Crippen LogP contribution in [0.15, 0.2) is 24.3 Å². The van der Waals surface area contributed by atoms with Crippen LogP contribution in [0.3, 0.4) is 0 Å². The molecular formula is C14H19ClN2O3. The third-order valence-electron chi connectivity index (χ3n) is 2.65. The van der Waals surface area contributed by atoms with Crippen molar-refractivity contribution in [2.24, 2.45) is 0 Å². The first-order chi connectivity index (χ1) is 9.43. The minimum atomic E-state index is -0.541. The lowest BCUT2D eigenvalue weighted by Gasteiger charge is -2.18. The Labute approximate surface area is 123 Å². The summed E-state index contributed by atoms with van der Waals surface area (Å²) in [5.41, 5.74) is 0.650. The van der Waals surface area contributed by atoms with Crippen LogP contribution < -0.4 is 10.6 Å². The smallest absolute Gasteiger partial charge is 0.322 e. The lowest BCUT2D eigenvalue weighted by atomic mass is 10.2. The minimum Gasteiger partial charge on any atom is -0.465 e. The van der Waals surface area contributed by atoms with Crippen molar-refractivity contribution < 1.29 is 14.3 Å². The first-order valence-corrected chi connectivity index (χ1v) is 6.81. The number of rotatable bonds is 6. The van der Waals surface area contributed by atoms with Gasteiger partial charge in [0.05, 0.1) is 12.6 Å². The highest BCUT2D eigenvalue weighted by Crippen LogP contribution is 2.13. The predicted octanol–water partition coefficient (Wildman–Crippen LogP) is 2.21. The van der Waals surface area contributed by atoms with E-state index in [1.54, 1.807) is 45.0 Å². The van der Waals surface area contributed by atoms with Gasteiger partial charge in [0.1, 0.15) is 6.04 Å². The second-order valence-electron chi connectivity index (χ2n) is 4.36. The summed E-state index contributed by atoms with van der Waals surface area (Å²) < 4.78 is 4.87. The number of benzene rings is 1. The van der Waals surface area contributed by atoms with Gasteiger partial charge in [-0.1, -0.05) is 11.6 Å². The largest absolute Gasteiger partial charge is 0.465 e. The molecule has 5 nitrogen and oxygen atoms in total. The summed E-state index contributed by atoms with van der Waals surface area (Å²) in [6, 6.07) is 5.74. The van der Waals surface area contributed by atoms with E-state index in [1.165, 1.54) is 0 Å². The molecule has 0 fully saturated rings. The molecule has 2 unspecified atom stereocenters. The lowest BCUT2D eigenvalue weighted by molar-refractivity contribution is -0.145. The molecule has 6 heteroatoms. The summed E-state index contributed by atoms with van der Waals surface area (Å²) in [5, 5.41) is 6.22.